The normalized spacial score (nSPS) is 11.2. The van der Waals surface area contributed by atoms with Crippen molar-refractivity contribution in [3.05, 3.63) is 23.8 Å². The zero-order chi connectivity index (χ0) is 13.5. The molecule has 19 heavy (non-hydrogen) atoms. The summed E-state index contributed by atoms with van der Waals surface area (Å²) in [5.41, 5.74) is 0.580. The second-order valence-corrected chi connectivity index (χ2v) is 4.29. The molecule has 1 rings (SSSR count). The maximum absolute atomic E-state index is 11.9. The molecular weight excluding hydrogens is 266 g/mol. The van der Waals surface area contributed by atoms with E-state index in [-0.39, 0.29) is 18.3 Å². The van der Waals surface area contributed by atoms with Crippen LogP contribution >= 0.6 is 12.4 Å². The van der Waals surface area contributed by atoms with Crippen LogP contribution in [0.1, 0.15) is 30.6 Å². The second-order valence-electron chi connectivity index (χ2n) is 4.29. The number of ether oxygens (including phenoxy) is 2. The van der Waals surface area contributed by atoms with Gasteiger partial charge in [0.25, 0.3) is 5.91 Å². The second kappa shape index (κ2) is 8.64. The van der Waals surface area contributed by atoms with E-state index in [0.29, 0.717) is 29.5 Å². The molecule has 1 unspecified atom stereocenters. The first kappa shape index (κ1) is 17.6. The van der Waals surface area contributed by atoms with Crippen LogP contribution in [0.15, 0.2) is 18.2 Å². The number of carbonyl (C=O) groups excluding carboxylic acids is 1. The average Bonchev–Trinajstić information content (AvgIpc) is 2.43. The zero-order valence-electron chi connectivity index (χ0n) is 11.9. The predicted octanol–water partition coefficient (Wildman–Crippen LogP) is 2.90. The molecule has 1 aromatic carbocycles. The third-order valence-corrected chi connectivity index (χ3v) is 2.95. The molecule has 0 bridgehead atoms. The van der Waals surface area contributed by atoms with Crippen molar-refractivity contribution >= 4 is 18.3 Å². The quantitative estimate of drug-likeness (QED) is 0.875. The smallest absolute Gasteiger partial charge is 0.251 e. The minimum atomic E-state index is -0.0868. The largest absolute Gasteiger partial charge is 0.493 e. The number of nitrogens with one attached hydrogen (secondary N) is 1. The van der Waals surface area contributed by atoms with Crippen LogP contribution in [0.2, 0.25) is 0 Å². The van der Waals surface area contributed by atoms with E-state index < -0.39 is 0 Å². The average molecular weight is 288 g/mol. The van der Waals surface area contributed by atoms with Crippen molar-refractivity contribution in [3.63, 3.8) is 0 Å². The van der Waals surface area contributed by atoms with Gasteiger partial charge in [-0.2, -0.15) is 0 Å². The lowest BCUT2D eigenvalue weighted by molar-refractivity contribution is 0.0947. The summed E-state index contributed by atoms with van der Waals surface area (Å²) in [4.78, 5) is 11.9. The minimum absolute atomic E-state index is 0. The summed E-state index contributed by atoms with van der Waals surface area (Å²) in [5, 5.41) is 2.90. The summed E-state index contributed by atoms with van der Waals surface area (Å²) in [5.74, 6) is 1.58. The Morgan fingerprint density at radius 3 is 2.42 bits per heavy atom. The van der Waals surface area contributed by atoms with E-state index in [1.807, 2.05) is 0 Å². The van der Waals surface area contributed by atoms with E-state index in [2.05, 4.69) is 19.2 Å². The first-order chi connectivity index (χ1) is 8.62. The molecule has 0 radical (unpaired) electrons. The van der Waals surface area contributed by atoms with Crippen molar-refractivity contribution in [2.75, 3.05) is 20.8 Å². The van der Waals surface area contributed by atoms with Gasteiger partial charge in [0.1, 0.15) is 0 Å². The van der Waals surface area contributed by atoms with Crippen LogP contribution in [0, 0.1) is 5.92 Å². The molecule has 4 nitrogen and oxygen atoms in total. The molecule has 5 heteroatoms. The first-order valence-electron chi connectivity index (χ1n) is 6.12. The molecule has 0 heterocycles. The van der Waals surface area contributed by atoms with Gasteiger partial charge in [-0.1, -0.05) is 20.3 Å². The number of methoxy groups -OCH3 is 2. The molecular formula is C14H22ClNO3. The van der Waals surface area contributed by atoms with Gasteiger partial charge in [0.15, 0.2) is 11.5 Å². The van der Waals surface area contributed by atoms with Crippen molar-refractivity contribution in [2.24, 2.45) is 5.92 Å². The Labute approximate surface area is 120 Å². The molecule has 0 spiro atoms. The van der Waals surface area contributed by atoms with Gasteiger partial charge in [0, 0.05) is 12.1 Å². The summed E-state index contributed by atoms with van der Waals surface area (Å²) in [6, 6.07) is 5.15. The van der Waals surface area contributed by atoms with Crippen LogP contribution in [0.25, 0.3) is 0 Å². The van der Waals surface area contributed by atoms with Crippen LogP contribution in [-0.2, 0) is 0 Å². The van der Waals surface area contributed by atoms with Crippen LogP contribution < -0.4 is 14.8 Å². The zero-order valence-corrected chi connectivity index (χ0v) is 12.7. The molecule has 1 atom stereocenters. The number of benzene rings is 1. The standard InChI is InChI=1S/C14H21NO3.ClH/c1-5-10(2)9-15-14(16)11-6-7-12(17-3)13(8-11)18-4;/h6-8,10H,5,9H2,1-4H3,(H,15,16);1H. The SMILES string of the molecule is CCC(C)CNC(=O)c1ccc(OC)c(OC)c1.Cl. The number of rotatable bonds is 6. The Balaban J connectivity index is 0.00000324. The molecule has 0 saturated carbocycles. The summed E-state index contributed by atoms with van der Waals surface area (Å²) in [7, 11) is 3.12. The van der Waals surface area contributed by atoms with Gasteiger partial charge in [-0.25, -0.2) is 0 Å². The Hall–Kier alpha value is -1.42. The Morgan fingerprint density at radius 2 is 1.89 bits per heavy atom. The molecule has 0 aliphatic heterocycles. The van der Waals surface area contributed by atoms with Gasteiger partial charge in [0.05, 0.1) is 14.2 Å². The van der Waals surface area contributed by atoms with Crippen LogP contribution in [0.5, 0.6) is 11.5 Å². The van der Waals surface area contributed by atoms with Gasteiger partial charge >= 0.3 is 0 Å². The third kappa shape index (κ3) is 4.99. The van der Waals surface area contributed by atoms with E-state index >= 15 is 0 Å². The van der Waals surface area contributed by atoms with Crippen molar-refractivity contribution in [3.8, 4) is 11.5 Å². The summed E-state index contributed by atoms with van der Waals surface area (Å²) in [6.45, 7) is 4.89. The first-order valence-corrected chi connectivity index (χ1v) is 6.12. The molecule has 0 aliphatic rings. The maximum atomic E-state index is 11.9. The van der Waals surface area contributed by atoms with Crippen molar-refractivity contribution in [1.82, 2.24) is 5.32 Å². The van der Waals surface area contributed by atoms with Gasteiger partial charge in [-0.15, -0.1) is 12.4 Å². The Morgan fingerprint density at radius 1 is 1.26 bits per heavy atom. The molecule has 1 aromatic rings. The van der Waals surface area contributed by atoms with E-state index in [9.17, 15) is 4.79 Å². The lowest BCUT2D eigenvalue weighted by Gasteiger charge is -2.12. The van der Waals surface area contributed by atoms with E-state index in [1.54, 1.807) is 32.4 Å². The van der Waals surface area contributed by atoms with Crippen LogP contribution in [-0.4, -0.2) is 26.7 Å². The number of hydrogen-bond donors (Lipinski definition) is 1. The maximum Gasteiger partial charge on any atom is 0.251 e. The lowest BCUT2D eigenvalue weighted by atomic mass is 10.1. The molecule has 108 valence electrons. The molecule has 0 aromatic heterocycles. The lowest BCUT2D eigenvalue weighted by Crippen LogP contribution is -2.28. The molecule has 0 fully saturated rings. The number of hydrogen-bond acceptors (Lipinski definition) is 3. The van der Waals surface area contributed by atoms with Crippen LogP contribution in [0.3, 0.4) is 0 Å². The van der Waals surface area contributed by atoms with Gasteiger partial charge in [-0.3, -0.25) is 4.79 Å². The minimum Gasteiger partial charge on any atom is -0.493 e. The van der Waals surface area contributed by atoms with Gasteiger partial charge < -0.3 is 14.8 Å². The fourth-order valence-corrected chi connectivity index (χ4v) is 1.49. The number of halogens is 1. The van der Waals surface area contributed by atoms with Crippen LogP contribution in [0.4, 0.5) is 0 Å². The van der Waals surface area contributed by atoms with Crippen molar-refractivity contribution in [2.45, 2.75) is 20.3 Å². The number of carbonyl (C=O) groups is 1. The summed E-state index contributed by atoms with van der Waals surface area (Å²) < 4.78 is 10.3. The van der Waals surface area contributed by atoms with E-state index in [1.165, 1.54) is 0 Å². The van der Waals surface area contributed by atoms with E-state index in [0.717, 1.165) is 6.42 Å². The number of amides is 1. The Bertz CT molecular complexity index is 410. The van der Waals surface area contributed by atoms with E-state index in [4.69, 9.17) is 9.47 Å². The molecule has 1 amide bonds. The highest BCUT2D eigenvalue weighted by Gasteiger charge is 2.11. The predicted molar refractivity (Wildman–Crippen MR) is 78.6 cm³/mol. The highest BCUT2D eigenvalue weighted by atomic mass is 35.5. The third-order valence-electron chi connectivity index (χ3n) is 2.95. The molecule has 0 saturated heterocycles. The summed E-state index contributed by atoms with van der Waals surface area (Å²) >= 11 is 0. The highest BCUT2D eigenvalue weighted by Crippen LogP contribution is 2.27. The van der Waals surface area contributed by atoms with Crippen molar-refractivity contribution in [1.29, 1.82) is 0 Å². The Kier molecular flexibility index (Phi) is 8.00. The fourth-order valence-electron chi connectivity index (χ4n) is 1.49. The summed E-state index contributed by atoms with van der Waals surface area (Å²) in [6.07, 6.45) is 1.05. The van der Waals surface area contributed by atoms with Crippen molar-refractivity contribution < 1.29 is 14.3 Å². The topological polar surface area (TPSA) is 47.6 Å². The molecule has 0 aliphatic carbocycles. The monoisotopic (exact) mass is 287 g/mol. The highest BCUT2D eigenvalue weighted by molar-refractivity contribution is 5.94. The van der Waals surface area contributed by atoms with Gasteiger partial charge in [0.2, 0.25) is 0 Å². The fraction of sp³-hybridized carbons (Fsp3) is 0.500. The van der Waals surface area contributed by atoms with Gasteiger partial charge in [-0.05, 0) is 24.1 Å². The molecule has 1 N–H and O–H groups in total.